The van der Waals surface area contributed by atoms with Crippen LogP contribution < -0.4 is 14.8 Å². The Labute approximate surface area is 195 Å². The predicted octanol–water partition coefficient (Wildman–Crippen LogP) is 4.61. The molecule has 0 spiro atoms. The predicted molar refractivity (Wildman–Crippen MR) is 127 cm³/mol. The van der Waals surface area contributed by atoms with Gasteiger partial charge in [-0.2, -0.15) is 0 Å². The highest BCUT2D eigenvalue weighted by molar-refractivity contribution is 8.01. The van der Waals surface area contributed by atoms with Crippen LogP contribution in [0.1, 0.15) is 31.9 Å². The van der Waals surface area contributed by atoms with Crippen molar-refractivity contribution in [1.82, 2.24) is 10.3 Å². The highest BCUT2D eigenvalue weighted by Crippen LogP contribution is 2.32. The maximum Gasteiger partial charge on any atom is 0.308 e. The molecular weight excluding hydrogens is 448 g/mol. The number of carbonyl (C=O) groups excluding carboxylic acids is 2. The van der Waals surface area contributed by atoms with Crippen LogP contribution in [0.4, 0.5) is 0 Å². The summed E-state index contributed by atoms with van der Waals surface area (Å²) in [6, 6.07) is 12.5. The average molecular weight is 475 g/mol. The Kier molecular flexibility index (Phi) is 8.75. The second-order valence-corrected chi connectivity index (χ2v) is 8.99. The minimum Gasteiger partial charge on any atom is -0.497 e. The molecule has 0 fully saturated rings. The summed E-state index contributed by atoms with van der Waals surface area (Å²) in [7, 11) is 1.59. The van der Waals surface area contributed by atoms with Crippen molar-refractivity contribution in [1.29, 1.82) is 0 Å². The lowest BCUT2D eigenvalue weighted by Gasteiger charge is -2.18. The zero-order chi connectivity index (χ0) is 22.9. The van der Waals surface area contributed by atoms with Gasteiger partial charge in [-0.1, -0.05) is 23.9 Å². The van der Waals surface area contributed by atoms with Crippen molar-refractivity contribution in [2.45, 2.75) is 30.6 Å². The van der Waals surface area contributed by atoms with Gasteiger partial charge in [0.25, 0.3) is 0 Å². The van der Waals surface area contributed by atoms with Crippen LogP contribution in [0, 0.1) is 0 Å². The summed E-state index contributed by atoms with van der Waals surface area (Å²) in [5, 5.41) is 2.95. The highest BCUT2D eigenvalue weighted by Gasteiger charge is 2.20. The van der Waals surface area contributed by atoms with Gasteiger partial charge in [-0.05, 0) is 49.7 Å². The lowest BCUT2D eigenvalue weighted by atomic mass is 10.0. The summed E-state index contributed by atoms with van der Waals surface area (Å²) in [6.07, 6.45) is 0.0535. The van der Waals surface area contributed by atoms with Gasteiger partial charge in [0.05, 0.1) is 48.8 Å². The molecule has 0 aliphatic rings. The number of nitrogens with zero attached hydrogens (tertiary/aromatic N) is 1. The Balaban J connectivity index is 1.64. The lowest BCUT2D eigenvalue weighted by Crippen LogP contribution is -2.31. The standard InChI is InChI=1S/C23H26N2O5S2/c1-4-29-17-10-11-18-20(12-17)32-23(25-18)31-14-21(26)24-19(13-22(27)30-5-2)15-6-8-16(28-3)9-7-15/h6-12,19H,4-5,13-14H2,1-3H3,(H,24,26). The number of ether oxygens (including phenoxy) is 3. The van der Waals surface area contributed by atoms with Crippen molar-refractivity contribution in [3.8, 4) is 11.5 Å². The third kappa shape index (κ3) is 6.61. The van der Waals surface area contributed by atoms with Gasteiger partial charge < -0.3 is 19.5 Å². The number of hydrogen-bond acceptors (Lipinski definition) is 8. The fourth-order valence-corrected chi connectivity index (χ4v) is 4.95. The van der Waals surface area contributed by atoms with E-state index in [9.17, 15) is 9.59 Å². The number of nitrogens with one attached hydrogen (secondary N) is 1. The number of esters is 1. The summed E-state index contributed by atoms with van der Waals surface area (Å²) in [5.41, 5.74) is 1.68. The summed E-state index contributed by atoms with van der Waals surface area (Å²) in [5.74, 6) is 1.15. The van der Waals surface area contributed by atoms with Crippen molar-refractivity contribution < 1.29 is 23.8 Å². The highest BCUT2D eigenvalue weighted by atomic mass is 32.2. The number of benzene rings is 2. The molecule has 1 amide bonds. The number of amides is 1. The van der Waals surface area contributed by atoms with Crippen molar-refractivity contribution in [2.24, 2.45) is 0 Å². The van der Waals surface area contributed by atoms with Crippen LogP contribution in [0.5, 0.6) is 11.5 Å². The SMILES string of the molecule is CCOC(=O)CC(NC(=O)CSc1nc2ccc(OCC)cc2s1)c1ccc(OC)cc1. The first-order chi connectivity index (χ1) is 15.5. The Morgan fingerprint density at radius 2 is 1.84 bits per heavy atom. The topological polar surface area (TPSA) is 86.8 Å². The first kappa shape index (κ1) is 23.9. The van der Waals surface area contributed by atoms with E-state index in [4.69, 9.17) is 14.2 Å². The lowest BCUT2D eigenvalue weighted by molar-refractivity contribution is -0.143. The monoisotopic (exact) mass is 474 g/mol. The fourth-order valence-electron chi connectivity index (χ4n) is 3.04. The number of thiazole rings is 1. The number of aromatic nitrogens is 1. The van der Waals surface area contributed by atoms with Gasteiger partial charge in [-0.15, -0.1) is 11.3 Å². The summed E-state index contributed by atoms with van der Waals surface area (Å²) in [4.78, 5) is 29.3. The molecule has 9 heteroatoms. The number of rotatable bonds is 11. The van der Waals surface area contributed by atoms with Gasteiger partial charge in [-0.3, -0.25) is 9.59 Å². The molecule has 1 heterocycles. The van der Waals surface area contributed by atoms with Crippen molar-refractivity contribution in [2.75, 3.05) is 26.1 Å². The van der Waals surface area contributed by atoms with E-state index in [1.165, 1.54) is 23.1 Å². The first-order valence-corrected chi connectivity index (χ1v) is 12.1. The van der Waals surface area contributed by atoms with Gasteiger partial charge in [0, 0.05) is 0 Å². The molecule has 0 aliphatic heterocycles. The van der Waals surface area contributed by atoms with Gasteiger partial charge in [0.1, 0.15) is 11.5 Å². The van der Waals surface area contributed by atoms with Crippen molar-refractivity contribution in [3.63, 3.8) is 0 Å². The number of hydrogen-bond donors (Lipinski definition) is 1. The van der Waals surface area contributed by atoms with Crippen molar-refractivity contribution >= 4 is 45.2 Å². The average Bonchev–Trinajstić information content (AvgIpc) is 3.20. The molecular formula is C23H26N2O5S2. The molecule has 170 valence electrons. The molecule has 0 bridgehead atoms. The Hall–Kier alpha value is -2.78. The maximum absolute atomic E-state index is 12.7. The third-order valence-electron chi connectivity index (χ3n) is 4.51. The molecule has 0 aliphatic carbocycles. The van der Waals surface area contributed by atoms with E-state index in [2.05, 4.69) is 10.3 Å². The summed E-state index contributed by atoms with van der Waals surface area (Å²) in [6.45, 7) is 4.59. The molecule has 32 heavy (non-hydrogen) atoms. The molecule has 1 unspecified atom stereocenters. The van der Waals surface area contributed by atoms with E-state index in [-0.39, 0.29) is 24.1 Å². The van der Waals surface area contributed by atoms with Gasteiger partial charge in [-0.25, -0.2) is 4.98 Å². The molecule has 1 aromatic heterocycles. The zero-order valence-corrected chi connectivity index (χ0v) is 19.9. The largest absolute Gasteiger partial charge is 0.497 e. The number of thioether (sulfide) groups is 1. The molecule has 0 radical (unpaired) electrons. The van der Waals surface area contributed by atoms with E-state index >= 15 is 0 Å². The summed E-state index contributed by atoms with van der Waals surface area (Å²) < 4.78 is 17.6. The number of methoxy groups -OCH3 is 1. The first-order valence-electron chi connectivity index (χ1n) is 10.3. The molecule has 1 N–H and O–H groups in total. The zero-order valence-electron chi connectivity index (χ0n) is 18.3. The normalized spacial score (nSPS) is 11.7. The van der Waals surface area contributed by atoms with E-state index in [0.29, 0.717) is 19.0 Å². The molecule has 7 nitrogen and oxygen atoms in total. The van der Waals surface area contributed by atoms with Gasteiger partial charge >= 0.3 is 5.97 Å². The van der Waals surface area contributed by atoms with Crippen molar-refractivity contribution in [3.05, 3.63) is 48.0 Å². The van der Waals surface area contributed by atoms with Gasteiger partial charge in [0.15, 0.2) is 4.34 Å². The van der Waals surface area contributed by atoms with E-state index < -0.39 is 6.04 Å². The fraction of sp³-hybridized carbons (Fsp3) is 0.348. The van der Waals surface area contributed by atoms with Crippen LogP contribution >= 0.6 is 23.1 Å². The smallest absolute Gasteiger partial charge is 0.308 e. The maximum atomic E-state index is 12.7. The van der Waals surface area contributed by atoms with E-state index in [1.807, 2.05) is 37.3 Å². The molecule has 3 aromatic rings. The molecule has 2 aromatic carbocycles. The summed E-state index contributed by atoms with van der Waals surface area (Å²) >= 11 is 2.88. The second kappa shape index (κ2) is 11.7. The molecule has 0 saturated carbocycles. The molecule has 3 rings (SSSR count). The Bertz CT molecular complexity index is 1050. The van der Waals surface area contributed by atoms with Crippen LogP contribution in [0.2, 0.25) is 0 Å². The van der Waals surface area contributed by atoms with Crippen LogP contribution in [0.25, 0.3) is 10.2 Å². The third-order valence-corrected chi connectivity index (χ3v) is 6.67. The van der Waals surface area contributed by atoms with Gasteiger partial charge in [0.2, 0.25) is 5.91 Å². The van der Waals surface area contributed by atoms with E-state index in [0.717, 1.165) is 25.9 Å². The Morgan fingerprint density at radius 3 is 2.53 bits per heavy atom. The van der Waals surface area contributed by atoms with Crippen LogP contribution in [-0.4, -0.2) is 42.9 Å². The molecule has 0 saturated heterocycles. The molecule has 1 atom stereocenters. The van der Waals surface area contributed by atoms with Crippen LogP contribution in [0.3, 0.4) is 0 Å². The minimum atomic E-state index is -0.489. The van der Waals surface area contributed by atoms with E-state index in [1.54, 1.807) is 26.2 Å². The van der Waals surface area contributed by atoms with Crippen LogP contribution in [-0.2, 0) is 14.3 Å². The minimum absolute atomic E-state index is 0.0535. The second-order valence-electron chi connectivity index (χ2n) is 6.73. The quantitative estimate of drug-likeness (QED) is 0.321. The number of carbonyl (C=O) groups is 2. The number of fused-ring (bicyclic) bond motifs is 1. The Morgan fingerprint density at radius 1 is 1.09 bits per heavy atom. The van der Waals surface area contributed by atoms with Crippen LogP contribution in [0.15, 0.2) is 46.8 Å².